The summed E-state index contributed by atoms with van der Waals surface area (Å²) in [5.41, 5.74) is 0. The van der Waals surface area contributed by atoms with Crippen molar-refractivity contribution >= 4 is 5.91 Å². The SMILES string of the molecule is CCOc1ccccc1OCCCC(=O)NC(C)Cn1cncn1. The molecule has 130 valence electrons. The van der Waals surface area contributed by atoms with Crippen LogP contribution in [0.2, 0.25) is 0 Å². The second kappa shape index (κ2) is 9.54. The number of rotatable bonds is 10. The number of carbonyl (C=O) groups is 1. The Morgan fingerprint density at radius 1 is 1.29 bits per heavy atom. The molecule has 1 N–H and O–H groups in total. The minimum absolute atomic E-state index is 0.00111. The van der Waals surface area contributed by atoms with Gasteiger partial charge in [-0.2, -0.15) is 5.10 Å². The van der Waals surface area contributed by atoms with Crippen LogP contribution in [-0.2, 0) is 11.3 Å². The summed E-state index contributed by atoms with van der Waals surface area (Å²) in [6, 6.07) is 7.54. The lowest BCUT2D eigenvalue weighted by molar-refractivity contribution is -0.122. The number of aromatic nitrogens is 3. The van der Waals surface area contributed by atoms with Gasteiger partial charge in [-0.15, -0.1) is 0 Å². The van der Waals surface area contributed by atoms with Crippen molar-refractivity contribution in [2.75, 3.05) is 13.2 Å². The molecule has 0 spiro atoms. The summed E-state index contributed by atoms with van der Waals surface area (Å²) < 4.78 is 12.9. The number of nitrogens with zero attached hydrogens (tertiary/aromatic N) is 3. The largest absolute Gasteiger partial charge is 0.490 e. The van der Waals surface area contributed by atoms with Gasteiger partial charge in [0.2, 0.25) is 5.91 Å². The summed E-state index contributed by atoms with van der Waals surface area (Å²) in [6.07, 6.45) is 4.17. The Morgan fingerprint density at radius 3 is 2.71 bits per heavy atom. The minimum Gasteiger partial charge on any atom is -0.490 e. The number of carbonyl (C=O) groups excluding carboxylic acids is 1. The average Bonchev–Trinajstić information content (AvgIpc) is 3.06. The second-order valence-corrected chi connectivity index (χ2v) is 5.42. The molecule has 0 aliphatic rings. The van der Waals surface area contributed by atoms with Gasteiger partial charge in [-0.05, 0) is 32.4 Å². The first-order chi connectivity index (χ1) is 11.7. The first-order valence-corrected chi connectivity index (χ1v) is 8.15. The average molecular weight is 332 g/mol. The third kappa shape index (κ3) is 5.91. The quantitative estimate of drug-likeness (QED) is 0.674. The van der Waals surface area contributed by atoms with Gasteiger partial charge in [-0.1, -0.05) is 12.1 Å². The van der Waals surface area contributed by atoms with Crippen LogP contribution in [0.25, 0.3) is 0 Å². The molecule has 2 aromatic rings. The molecule has 1 aromatic heterocycles. The zero-order valence-corrected chi connectivity index (χ0v) is 14.1. The van der Waals surface area contributed by atoms with E-state index in [2.05, 4.69) is 15.4 Å². The van der Waals surface area contributed by atoms with Gasteiger partial charge in [0.05, 0.1) is 19.8 Å². The normalized spacial score (nSPS) is 11.8. The van der Waals surface area contributed by atoms with Crippen LogP contribution in [0.3, 0.4) is 0 Å². The Kier molecular flexibility index (Phi) is 7.07. The van der Waals surface area contributed by atoms with Crippen molar-refractivity contribution in [2.24, 2.45) is 0 Å². The molecule has 0 radical (unpaired) electrons. The maximum atomic E-state index is 11.9. The molecular weight excluding hydrogens is 308 g/mol. The van der Waals surface area contributed by atoms with Crippen LogP contribution >= 0.6 is 0 Å². The summed E-state index contributed by atoms with van der Waals surface area (Å²) in [6.45, 7) is 5.53. The molecule has 0 aliphatic heterocycles. The zero-order chi connectivity index (χ0) is 17.2. The molecule has 0 bridgehead atoms. The maximum absolute atomic E-state index is 11.9. The number of amides is 1. The Bertz CT molecular complexity index is 616. The van der Waals surface area contributed by atoms with Crippen LogP contribution in [0.1, 0.15) is 26.7 Å². The van der Waals surface area contributed by atoms with E-state index in [-0.39, 0.29) is 11.9 Å². The first-order valence-electron chi connectivity index (χ1n) is 8.15. The molecule has 1 atom stereocenters. The molecule has 1 amide bonds. The lowest BCUT2D eigenvalue weighted by Gasteiger charge is -2.14. The lowest BCUT2D eigenvalue weighted by atomic mass is 10.2. The Balaban J connectivity index is 1.66. The molecule has 0 saturated carbocycles. The van der Waals surface area contributed by atoms with Crippen LogP contribution < -0.4 is 14.8 Å². The monoisotopic (exact) mass is 332 g/mol. The van der Waals surface area contributed by atoms with Crippen molar-refractivity contribution in [3.05, 3.63) is 36.9 Å². The van der Waals surface area contributed by atoms with Gasteiger partial charge in [-0.25, -0.2) is 4.98 Å². The van der Waals surface area contributed by atoms with E-state index >= 15 is 0 Å². The zero-order valence-electron chi connectivity index (χ0n) is 14.1. The molecule has 2 rings (SSSR count). The number of para-hydroxylation sites is 2. The fourth-order valence-corrected chi connectivity index (χ4v) is 2.26. The number of hydrogen-bond acceptors (Lipinski definition) is 5. The molecule has 1 heterocycles. The molecule has 0 aliphatic carbocycles. The van der Waals surface area contributed by atoms with Gasteiger partial charge in [-0.3, -0.25) is 9.48 Å². The van der Waals surface area contributed by atoms with Gasteiger partial charge in [0.25, 0.3) is 0 Å². The molecule has 7 nitrogen and oxygen atoms in total. The lowest BCUT2D eigenvalue weighted by Crippen LogP contribution is -2.35. The predicted molar refractivity (Wildman–Crippen MR) is 90.0 cm³/mol. The highest BCUT2D eigenvalue weighted by Gasteiger charge is 2.09. The molecule has 24 heavy (non-hydrogen) atoms. The molecule has 0 saturated heterocycles. The van der Waals surface area contributed by atoms with Crippen molar-refractivity contribution in [1.29, 1.82) is 0 Å². The van der Waals surface area contributed by atoms with E-state index in [0.29, 0.717) is 38.3 Å². The third-order valence-electron chi connectivity index (χ3n) is 3.29. The highest BCUT2D eigenvalue weighted by molar-refractivity contribution is 5.76. The van der Waals surface area contributed by atoms with E-state index in [4.69, 9.17) is 9.47 Å². The van der Waals surface area contributed by atoms with Gasteiger partial charge in [0.1, 0.15) is 12.7 Å². The van der Waals surface area contributed by atoms with Crippen LogP contribution in [-0.4, -0.2) is 39.9 Å². The van der Waals surface area contributed by atoms with E-state index in [1.54, 1.807) is 11.0 Å². The topological polar surface area (TPSA) is 78.3 Å². The number of hydrogen-bond donors (Lipinski definition) is 1. The fourth-order valence-electron chi connectivity index (χ4n) is 2.26. The van der Waals surface area contributed by atoms with Gasteiger partial charge in [0, 0.05) is 12.5 Å². The molecule has 0 fully saturated rings. The van der Waals surface area contributed by atoms with Gasteiger partial charge < -0.3 is 14.8 Å². The fraction of sp³-hybridized carbons (Fsp3) is 0.471. The van der Waals surface area contributed by atoms with Crippen LogP contribution in [0.15, 0.2) is 36.9 Å². The maximum Gasteiger partial charge on any atom is 0.220 e. The highest BCUT2D eigenvalue weighted by atomic mass is 16.5. The Morgan fingerprint density at radius 2 is 2.04 bits per heavy atom. The van der Waals surface area contributed by atoms with E-state index in [9.17, 15) is 4.79 Å². The van der Waals surface area contributed by atoms with Crippen molar-refractivity contribution in [2.45, 2.75) is 39.3 Å². The summed E-state index contributed by atoms with van der Waals surface area (Å²) in [5, 5.41) is 6.96. The second-order valence-electron chi connectivity index (χ2n) is 5.42. The Labute approximate surface area is 142 Å². The van der Waals surface area contributed by atoms with E-state index in [1.807, 2.05) is 38.1 Å². The first kappa shape index (κ1) is 17.8. The number of ether oxygens (including phenoxy) is 2. The van der Waals surface area contributed by atoms with Gasteiger partial charge >= 0.3 is 0 Å². The molecule has 7 heteroatoms. The van der Waals surface area contributed by atoms with Crippen LogP contribution in [0, 0.1) is 0 Å². The molecule has 1 unspecified atom stereocenters. The summed E-state index contributed by atoms with van der Waals surface area (Å²) >= 11 is 0. The number of benzene rings is 1. The van der Waals surface area contributed by atoms with Gasteiger partial charge in [0.15, 0.2) is 11.5 Å². The van der Waals surface area contributed by atoms with E-state index < -0.39 is 0 Å². The highest BCUT2D eigenvalue weighted by Crippen LogP contribution is 2.26. The van der Waals surface area contributed by atoms with Crippen LogP contribution in [0.4, 0.5) is 0 Å². The summed E-state index contributed by atoms with van der Waals surface area (Å²) in [5.74, 6) is 1.44. The van der Waals surface area contributed by atoms with Crippen LogP contribution in [0.5, 0.6) is 11.5 Å². The standard InChI is InChI=1S/C17H24N4O3/c1-3-23-15-7-4-5-8-16(15)24-10-6-9-17(22)20-14(2)11-21-13-18-12-19-21/h4-5,7-8,12-14H,3,6,9-11H2,1-2H3,(H,20,22). The predicted octanol–water partition coefficient (Wildman–Crippen LogP) is 2.04. The van der Waals surface area contributed by atoms with E-state index in [1.165, 1.54) is 6.33 Å². The molecular formula is C17H24N4O3. The van der Waals surface area contributed by atoms with E-state index in [0.717, 1.165) is 5.75 Å². The smallest absolute Gasteiger partial charge is 0.220 e. The number of nitrogens with one attached hydrogen (secondary N) is 1. The minimum atomic E-state index is -0.00111. The Hall–Kier alpha value is -2.57. The summed E-state index contributed by atoms with van der Waals surface area (Å²) in [4.78, 5) is 15.8. The van der Waals surface area contributed by atoms with Crippen molar-refractivity contribution in [3.63, 3.8) is 0 Å². The summed E-state index contributed by atoms with van der Waals surface area (Å²) in [7, 11) is 0. The third-order valence-corrected chi connectivity index (χ3v) is 3.29. The van der Waals surface area contributed by atoms with Crippen molar-refractivity contribution < 1.29 is 14.3 Å². The molecule has 1 aromatic carbocycles. The van der Waals surface area contributed by atoms with Crippen molar-refractivity contribution in [1.82, 2.24) is 20.1 Å². The van der Waals surface area contributed by atoms with Crippen molar-refractivity contribution in [3.8, 4) is 11.5 Å².